The molecule has 2 aromatic heterocycles. The molecule has 0 radical (unpaired) electrons. The molecule has 0 fully saturated rings. The summed E-state index contributed by atoms with van der Waals surface area (Å²) in [7, 11) is 0. The molecule has 0 aliphatic carbocycles. The van der Waals surface area contributed by atoms with Crippen LogP contribution in [0.15, 0.2) is 16.5 Å². The summed E-state index contributed by atoms with van der Waals surface area (Å²) in [6.07, 6.45) is 2.54. The summed E-state index contributed by atoms with van der Waals surface area (Å²) in [4.78, 5) is 12.4. The lowest BCUT2D eigenvalue weighted by Crippen LogP contribution is -2.34. The molecule has 1 unspecified atom stereocenters. The number of aryl methyl sites for hydroxylation is 2. The summed E-state index contributed by atoms with van der Waals surface area (Å²) < 4.78 is 5.55. The molecule has 3 N–H and O–H groups in total. The number of aromatic amines is 1. The fourth-order valence-electron chi connectivity index (χ4n) is 2.76. The maximum atomic E-state index is 12.4. The van der Waals surface area contributed by atoms with E-state index in [4.69, 9.17) is 4.42 Å². The Hall–Kier alpha value is -2.08. The van der Waals surface area contributed by atoms with Gasteiger partial charge in [0, 0.05) is 43.2 Å². The minimum Gasteiger partial charge on any atom is -0.466 e. The van der Waals surface area contributed by atoms with E-state index in [0.29, 0.717) is 12.2 Å². The third-order valence-corrected chi connectivity index (χ3v) is 4.02. The fourth-order valence-corrected chi connectivity index (χ4v) is 2.76. The highest BCUT2D eigenvalue weighted by Gasteiger charge is 2.22. The van der Waals surface area contributed by atoms with Crippen molar-refractivity contribution in [3.05, 3.63) is 40.6 Å². The smallest absolute Gasteiger partial charge is 0.272 e. The van der Waals surface area contributed by atoms with Gasteiger partial charge < -0.3 is 15.1 Å². The predicted octanol–water partition coefficient (Wildman–Crippen LogP) is 1.71. The Labute approximate surface area is 129 Å². The lowest BCUT2D eigenvalue weighted by molar-refractivity contribution is 0.0932. The Morgan fingerprint density at radius 1 is 1.50 bits per heavy atom. The van der Waals surface area contributed by atoms with Gasteiger partial charge >= 0.3 is 0 Å². The van der Waals surface area contributed by atoms with Gasteiger partial charge in [0.2, 0.25) is 0 Å². The zero-order chi connectivity index (χ0) is 15.5. The molecule has 1 amide bonds. The van der Waals surface area contributed by atoms with E-state index < -0.39 is 0 Å². The predicted molar refractivity (Wildman–Crippen MR) is 82.7 cm³/mol. The number of carbonyl (C=O) groups excluding carboxylic acids is 1. The van der Waals surface area contributed by atoms with Crippen LogP contribution in [0.5, 0.6) is 0 Å². The van der Waals surface area contributed by atoms with Crippen molar-refractivity contribution in [2.24, 2.45) is 0 Å². The number of rotatable bonds is 5. The Kier molecular flexibility index (Phi) is 4.29. The van der Waals surface area contributed by atoms with Gasteiger partial charge in [-0.15, -0.1) is 0 Å². The molecule has 1 aliphatic rings. The Morgan fingerprint density at radius 2 is 2.36 bits per heavy atom. The molecule has 118 valence electrons. The number of carbonyl (C=O) groups is 1. The fraction of sp³-hybridized carbons (Fsp3) is 0.500. The molecule has 1 atom stereocenters. The number of H-pyrrole nitrogens is 1. The molecule has 6 nitrogen and oxygen atoms in total. The topological polar surface area (TPSA) is 83.0 Å². The first kappa shape index (κ1) is 14.8. The third kappa shape index (κ3) is 3.22. The molecule has 0 spiro atoms. The Bertz CT molecular complexity index is 659. The molecule has 0 aromatic carbocycles. The van der Waals surface area contributed by atoms with Crippen LogP contribution < -0.4 is 10.6 Å². The maximum absolute atomic E-state index is 12.4. The van der Waals surface area contributed by atoms with Crippen molar-refractivity contribution >= 4 is 5.91 Å². The van der Waals surface area contributed by atoms with E-state index in [-0.39, 0.29) is 11.9 Å². The summed E-state index contributed by atoms with van der Waals surface area (Å²) in [6.45, 7) is 5.57. The number of furan rings is 1. The second kappa shape index (κ2) is 6.36. The molecule has 0 bridgehead atoms. The Balaban J connectivity index is 1.56. The molecule has 0 saturated heterocycles. The number of hydrogen-bond acceptors (Lipinski definition) is 4. The average molecular weight is 302 g/mol. The first-order valence-corrected chi connectivity index (χ1v) is 7.76. The second-order valence-corrected chi connectivity index (χ2v) is 5.88. The Morgan fingerprint density at radius 3 is 3.14 bits per heavy atom. The normalized spacial score (nSPS) is 15.4. The van der Waals surface area contributed by atoms with Crippen molar-refractivity contribution in [3.63, 3.8) is 0 Å². The zero-order valence-electron chi connectivity index (χ0n) is 13.0. The van der Waals surface area contributed by atoms with Crippen molar-refractivity contribution in [1.29, 1.82) is 0 Å². The molecule has 0 saturated carbocycles. The van der Waals surface area contributed by atoms with Gasteiger partial charge in [-0.05, 0) is 32.4 Å². The van der Waals surface area contributed by atoms with Crippen molar-refractivity contribution in [2.45, 2.75) is 45.7 Å². The number of amides is 1. The van der Waals surface area contributed by atoms with Crippen LogP contribution in [-0.2, 0) is 19.4 Å². The first-order chi connectivity index (χ1) is 10.6. The van der Waals surface area contributed by atoms with Crippen molar-refractivity contribution < 1.29 is 9.21 Å². The van der Waals surface area contributed by atoms with E-state index in [1.807, 2.05) is 26.0 Å². The molecular formula is C16H22N4O2. The number of fused-ring (bicyclic) bond motifs is 1. The van der Waals surface area contributed by atoms with Gasteiger partial charge in [0.1, 0.15) is 11.5 Å². The molecule has 1 aliphatic heterocycles. The van der Waals surface area contributed by atoms with Crippen LogP contribution in [-0.4, -0.2) is 28.7 Å². The lowest BCUT2D eigenvalue weighted by atomic mass is 10.1. The number of hydrogen-bond donors (Lipinski definition) is 3. The van der Waals surface area contributed by atoms with Gasteiger partial charge in [-0.1, -0.05) is 0 Å². The highest BCUT2D eigenvalue weighted by Crippen LogP contribution is 2.16. The zero-order valence-corrected chi connectivity index (χ0v) is 13.0. The number of nitrogens with one attached hydrogen (secondary N) is 3. The first-order valence-electron chi connectivity index (χ1n) is 7.76. The van der Waals surface area contributed by atoms with Crippen molar-refractivity contribution in [1.82, 2.24) is 20.8 Å². The van der Waals surface area contributed by atoms with Gasteiger partial charge in [-0.25, -0.2) is 0 Å². The van der Waals surface area contributed by atoms with Gasteiger partial charge in [-0.3, -0.25) is 9.89 Å². The van der Waals surface area contributed by atoms with Gasteiger partial charge in [-0.2, -0.15) is 5.10 Å². The molecule has 3 rings (SSSR count). The quantitative estimate of drug-likeness (QED) is 0.785. The number of nitrogens with zero attached hydrogens (tertiary/aromatic N) is 1. The summed E-state index contributed by atoms with van der Waals surface area (Å²) in [5.74, 6) is 1.77. The average Bonchev–Trinajstić information content (AvgIpc) is 3.11. The van der Waals surface area contributed by atoms with Gasteiger partial charge in [0.05, 0.1) is 0 Å². The van der Waals surface area contributed by atoms with Gasteiger partial charge in [0.25, 0.3) is 5.91 Å². The van der Waals surface area contributed by atoms with Gasteiger partial charge in [0.15, 0.2) is 5.69 Å². The van der Waals surface area contributed by atoms with Crippen molar-refractivity contribution in [2.75, 3.05) is 6.54 Å². The summed E-state index contributed by atoms with van der Waals surface area (Å²) in [6, 6.07) is 4.02. The number of aromatic nitrogens is 2. The van der Waals surface area contributed by atoms with Crippen LogP contribution in [0.25, 0.3) is 0 Å². The van der Waals surface area contributed by atoms with Crippen LogP contribution in [0.3, 0.4) is 0 Å². The molecule has 2 aromatic rings. The van der Waals surface area contributed by atoms with Crippen LogP contribution in [0, 0.1) is 6.92 Å². The van der Waals surface area contributed by atoms with E-state index >= 15 is 0 Å². The van der Waals surface area contributed by atoms with Crippen LogP contribution in [0.1, 0.15) is 46.6 Å². The standard InChI is InChI=1S/C16H22N4O2/c1-10(3-5-12-6-4-11(2)22-12)18-16(21)15-13-9-17-8-7-14(13)19-20-15/h4,6,10,17H,3,5,7-9H2,1-2H3,(H,18,21)(H,19,20). The van der Waals surface area contributed by atoms with Crippen LogP contribution >= 0.6 is 0 Å². The monoisotopic (exact) mass is 302 g/mol. The van der Waals surface area contributed by atoms with Crippen LogP contribution in [0.4, 0.5) is 0 Å². The minimum atomic E-state index is -0.107. The van der Waals surface area contributed by atoms with Crippen molar-refractivity contribution in [3.8, 4) is 0 Å². The molecule has 22 heavy (non-hydrogen) atoms. The molecule has 3 heterocycles. The highest BCUT2D eigenvalue weighted by atomic mass is 16.3. The highest BCUT2D eigenvalue weighted by molar-refractivity contribution is 5.94. The lowest BCUT2D eigenvalue weighted by Gasteiger charge is -2.15. The van der Waals surface area contributed by atoms with E-state index in [2.05, 4.69) is 20.8 Å². The molecule has 6 heteroatoms. The van der Waals surface area contributed by atoms with Crippen LogP contribution in [0.2, 0.25) is 0 Å². The second-order valence-electron chi connectivity index (χ2n) is 5.88. The third-order valence-electron chi connectivity index (χ3n) is 4.02. The minimum absolute atomic E-state index is 0.0711. The van der Waals surface area contributed by atoms with E-state index in [1.54, 1.807) is 0 Å². The van der Waals surface area contributed by atoms with E-state index in [1.165, 1.54) is 0 Å². The summed E-state index contributed by atoms with van der Waals surface area (Å²) in [5, 5.41) is 13.4. The van der Waals surface area contributed by atoms with E-state index in [0.717, 1.165) is 48.6 Å². The SMILES string of the molecule is Cc1ccc(CCC(C)NC(=O)c2n[nH]c3c2CNCC3)o1. The summed E-state index contributed by atoms with van der Waals surface area (Å²) in [5.41, 5.74) is 2.59. The maximum Gasteiger partial charge on any atom is 0.272 e. The summed E-state index contributed by atoms with van der Waals surface area (Å²) >= 11 is 0. The largest absolute Gasteiger partial charge is 0.466 e. The van der Waals surface area contributed by atoms with E-state index in [9.17, 15) is 4.79 Å². The molecular weight excluding hydrogens is 280 g/mol.